The number of benzene rings is 2. The molecule has 0 spiro atoms. The normalized spacial score (nSPS) is 14.6. The van der Waals surface area contributed by atoms with E-state index in [1.165, 1.54) is 0 Å². The van der Waals surface area contributed by atoms with Crippen molar-refractivity contribution in [2.45, 2.75) is 6.54 Å². The van der Waals surface area contributed by atoms with Crippen LogP contribution in [0.1, 0.15) is 5.56 Å². The third kappa shape index (κ3) is 5.00. The molecule has 2 aromatic rings. The summed E-state index contributed by atoms with van der Waals surface area (Å²) in [4.78, 5) is 4.48. The highest BCUT2D eigenvalue weighted by Gasteiger charge is 2.21. The number of halogens is 2. The summed E-state index contributed by atoms with van der Waals surface area (Å²) < 4.78 is 10.7. The van der Waals surface area contributed by atoms with E-state index in [1.807, 2.05) is 36.4 Å². The van der Waals surface area contributed by atoms with Crippen LogP contribution in [0, 0.1) is 0 Å². The first-order valence-corrected chi connectivity index (χ1v) is 10.1. The first-order valence-electron chi connectivity index (χ1n) is 8.95. The van der Waals surface area contributed by atoms with Gasteiger partial charge in [0.05, 0.1) is 19.9 Å². The van der Waals surface area contributed by atoms with Gasteiger partial charge in [-0.1, -0.05) is 29.3 Å². The molecule has 0 radical (unpaired) electrons. The zero-order valence-electron chi connectivity index (χ0n) is 15.9. The minimum atomic E-state index is 0.668. The molecular weight excluding hydrogens is 417 g/mol. The summed E-state index contributed by atoms with van der Waals surface area (Å²) in [5.41, 5.74) is 1.76. The van der Waals surface area contributed by atoms with E-state index in [4.69, 9.17) is 44.9 Å². The number of piperazine rings is 1. The SMILES string of the molecule is COc1ccc(OC)c(NC(=S)N2CCN(Cc3c(Cl)cccc3Cl)CC2)c1. The third-order valence-corrected chi connectivity index (χ3v) is 5.82. The summed E-state index contributed by atoms with van der Waals surface area (Å²) in [6, 6.07) is 11.2. The lowest BCUT2D eigenvalue weighted by Gasteiger charge is -2.36. The van der Waals surface area contributed by atoms with Crippen molar-refractivity contribution < 1.29 is 9.47 Å². The number of methoxy groups -OCH3 is 2. The van der Waals surface area contributed by atoms with E-state index in [-0.39, 0.29) is 0 Å². The van der Waals surface area contributed by atoms with E-state index in [1.54, 1.807) is 14.2 Å². The monoisotopic (exact) mass is 439 g/mol. The van der Waals surface area contributed by atoms with E-state index < -0.39 is 0 Å². The van der Waals surface area contributed by atoms with Crippen molar-refractivity contribution in [3.63, 3.8) is 0 Å². The van der Waals surface area contributed by atoms with Crippen molar-refractivity contribution in [1.29, 1.82) is 0 Å². The Hall–Kier alpha value is -1.73. The fourth-order valence-electron chi connectivity index (χ4n) is 3.12. The Labute approximate surface area is 181 Å². The molecule has 28 heavy (non-hydrogen) atoms. The van der Waals surface area contributed by atoms with Crippen LogP contribution in [0.15, 0.2) is 36.4 Å². The van der Waals surface area contributed by atoms with Crippen molar-refractivity contribution in [2.24, 2.45) is 0 Å². The van der Waals surface area contributed by atoms with Gasteiger partial charge in [0.25, 0.3) is 0 Å². The molecular formula is C20H23Cl2N3O2S. The van der Waals surface area contributed by atoms with Crippen molar-refractivity contribution in [2.75, 3.05) is 45.7 Å². The molecule has 0 saturated carbocycles. The van der Waals surface area contributed by atoms with Gasteiger partial charge in [-0.2, -0.15) is 0 Å². The van der Waals surface area contributed by atoms with Gasteiger partial charge >= 0.3 is 0 Å². The minimum absolute atomic E-state index is 0.668. The van der Waals surface area contributed by atoms with Crippen molar-refractivity contribution in [3.8, 4) is 11.5 Å². The Morgan fingerprint density at radius 2 is 1.71 bits per heavy atom. The summed E-state index contributed by atoms with van der Waals surface area (Å²) in [5, 5.41) is 5.36. The highest BCUT2D eigenvalue weighted by atomic mass is 35.5. The number of nitrogens with zero attached hydrogens (tertiary/aromatic N) is 2. The van der Waals surface area contributed by atoms with Crippen LogP contribution in [0.2, 0.25) is 10.0 Å². The number of hydrogen-bond acceptors (Lipinski definition) is 4. The lowest BCUT2D eigenvalue weighted by Crippen LogP contribution is -2.49. The molecule has 0 unspecified atom stereocenters. The molecule has 150 valence electrons. The molecule has 1 heterocycles. The highest BCUT2D eigenvalue weighted by Crippen LogP contribution is 2.29. The van der Waals surface area contributed by atoms with E-state index >= 15 is 0 Å². The van der Waals surface area contributed by atoms with Crippen LogP contribution in [0.4, 0.5) is 5.69 Å². The Kier molecular flexibility index (Phi) is 7.24. The molecule has 1 saturated heterocycles. The number of hydrogen-bond donors (Lipinski definition) is 1. The molecule has 0 atom stereocenters. The molecule has 1 N–H and O–H groups in total. The van der Waals surface area contributed by atoms with Crippen LogP contribution < -0.4 is 14.8 Å². The highest BCUT2D eigenvalue weighted by molar-refractivity contribution is 7.80. The second kappa shape index (κ2) is 9.65. The second-order valence-corrected chi connectivity index (χ2v) is 7.66. The lowest BCUT2D eigenvalue weighted by atomic mass is 10.2. The fraction of sp³-hybridized carbons (Fsp3) is 0.350. The zero-order valence-corrected chi connectivity index (χ0v) is 18.2. The van der Waals surface area contributed by atoms with Crippen LogP contribution in [0.5, 0.6) is 11.5 Å². The summed E-state index contributed by atoms with van der Waals surface area (Å²) >= 11 is 18.2. The summed E-state index contributed by atoms with van der Waals surface area (Å²) in [7, 11) is 3.27. The third-order valence-electron chi connectivity index (χ3n) is 4.75. The largest absolute Gasteiger partial charge is 0.497 e. The standard InChI is InChI=1S/C20H23Cl2N3O2S/c1-26-14-6-7-19(27-2)18(12-14)23-20(28)25-10-8-24(9-11-25)13-15-16(21)4-3-5-17(15)22/h3-7,12H,8-11,13H2,1-2H3,(H,23,28). The molecule has 2 aromatic carbocycles. The van der Waals surface area contributed by atoms with Gasteiger partial charge in [0, 0.05) is 54.4 Å². The molecule has 1 aliphatic rings. The predicted octanol–water partition coefficient (Wildman–Crippen LogP) is 4.53. The first kappa shape index (κ1) is 21.0. The van der Waals surface area contributed by atoms with E-state index in [0.29, 0.717) is 15.2 Å². The van der Waals surface area contributed by atoms with Gasteiger partial charge in [0.2, 0.25) is 0 Å². The average molecular weight is 440 g/mol. The Balaban J connectivity index is 1.58. The molecule has 1 aliphatic heterocycles. The topological polar surface area (TPSA) is 37.0 Å². The van der Waals surface area contributed by atoms with Gasteiger partial charge in [0.15, 0.2) is 5.11 Å². The summed E-state index contributed by atoms with van der Waals surface area (Å²) in [6.45, 7) is 4.12. The van der Waals surface area contributed by atoms with Gasteiger partial charge < -0.3 is 19.7 Å². The number of nitrogens with one attached hydrogen (secondary N) is 1. The van der Waals surface area contributed by atoms with E-state index in [2.05, 4.69) is 15.1 Å². The molecule has 0 amide bonds. The summed E-state index contributed by atoms with van der Waals surface area (Å²) in [5.74, 6) is 1.46. The van der Waals surface area contributed by atoms with E-state index in [0.717, 1.165) is 55.5 Å². The van der Waals surface area contributed by atoms with Gasteiger partial charge in [-0.15, -0.1) is 0 Å². The number of anilines is 1. The Morgan fingerprint density at radius 1 is 1.04 bits per heavy atom. The Morgan fingerprint density at radius 3 is 2.32 bits per heavy atom. The smallest absolute Gasteiger partial charge is 0.173 e. The maximum atomic E-state index is 6.30. The van der Waals surface area contributed by atoms with Crippen molar-refractivity contribution >= 4 is 46.2 Å². The maximum absolute atomic E-state index is 6.30. The zero-order chi connectivity index (χ0) is 20.1. The molecule has 5 nitrogen and oxygen atoms in total. The van der Waals surface area contributed by atoms with Crippen molar-refractivity contribution in [3.05, 3.63) is 52.0 Å². The van der Waals surface area contributed by atoms with Crippen LogP contribution >= 0.6 is 35.4 Å². The predicted molar refractivity (Wildman–Crippen MR) is 119 cm³/mol. The molecule has 3 rings (SSSR count). The maximum Gasteiger partial charge on any atom is 0.173 e. The van der Waals surface area contributed by atoms with Gasteiger partial charge in [0.1, 0.15) is 11.5 Å². The van der Waals surface area contributed by atoms with E-state index in [9.17, 15) is 0 Å². The second-order valence-electron chi connectivity index (χ2n) is 6.46. The lowest BCUT2D eigenvalue weighted by molar-refractivity contribution is 0.177. The van der Waals surface area contributed by atoms with Gasteiger partial charge in [-0.25, -0.2) is 0 Å². The number of rotatable bonds is 5. The quantitative estimate of drug-likeness (QED) is 0.689. The fourth-order valence-corrected chi connectivity index (χ4v) is 3.93. The van der Waals surface area contributed by atoms with Gasteiger partial charge in [-0.05, 0) is 36.5 Å². The molecule has 1 fully saturated rings. The van der Waals surface area contributed by atoms with Crippen LogP contribution in [-0.2, 0) is 6.54 Å². The summed E-state index contributed by atoms with van der Waals surface area (Å²) in [6.07, 6.45) is 0. The Bertz CT molecular complexity index is 822. The molecule has 0 aromatic heterocycles. The number of thiocarbonyl (C=S) groups is 1. The van der Waals surface area contributed by atoms with Crippen LogP contribution in [-0.4, -0.2) is 55.3 Å². The van der Waals surface area contributed by atoms with Crippen LogP contribution in [0.3, 0.4) is 0 Å². The molecule has 8 heteroatoms. The van der Waals surface area contributed by atoms with Gasteiger partial charge in [-0.3, -0.25) is 4.90 Å². The molecule has 0 bridgehead atoms. The van der Waals surface area contributed by atoms with Crippen molar-refractivity contribution in [1.82, 2.24) is 9.80 Å². The first-order chi connectivity index (χ1) is 13.5. The van der Waals surface area contributed by atoms with Crippen LogP contribution in [0.25, 0.3) is 0 Å². The molecule has 0 aliphatic carbocycles. The average Bonchev–Trinajstić information content (AvgIpc) is 2.71. The minimum Gasteiger partial charge on any atom is -0.497 e. The number of ether oxygens (including phenoxy) is 2.